The van der Waals surface area contributed by atoms with Crippen LogP contribution < -0.4 is 0 Å². The summed E-state index contributed by atoms with van der Waals surface area (Å²) >= 11 is 0. The van der Waals surface area contributed by atoms with Crippen molar-refractivity contribution in [3.05, 3.63) is 35.4 Å². The van der Waals surface area contributed by atoms with Crippen LogP contribution in [0.2, 0.25) is 0 Å². The lowest BCUT2D eigenvalue weighted by Gasteiger charge is -2.36. The molecule has 1 aliphatic heterocycles. The number of esters is 1. The summed E-state index contributed by atoms with van der Waals surface area (Å²) in [5, 5.41) is 0. The molecule has 0 radical (unpaired) electrons. The van der Waals surface area contributed by atoms with Crippen LogP contribution in [0.25, 0.3) is 0 Å². The summed E-state index contributed by atoms with van der Waals surface area (Å²) < 4.78 is 12.0. The number of aryl methyl sites for hydroxylation is 1. The second-order valence-electron chi connectivity index (χ2n) is 9.45. The number of epoxide rings is 1. The summed E-state index contributed by atoms with van der Waals surface area (Å²) in [6, 6.07) is 8.46. The third-order valence-corrected chi connectivity index (χ3v) is 8.71. The summed E-state index contributed by atoms with van der Waals surface area (Å²) in [4.78, 5) is 13.0. The van der Waals surface area contributed by atoms with E-state index >= 15 is 0 Å². The van der Waals surface area contributed by atoms with Crippen molar-refractivity contribution in [3.8, 4) is 0 Å². The highest BCUT2D eigenvalue weighted by Gasteiger charge is 2.74. The molecule has 0 aromatic heterocycles. The lowest BCUT2D eigenvalue weighted by molar-refractivity contribution is -0.158. The Morgan fingerprint density at radius 3 is 2.76 bits per heavy atom. The molecule has 5 fully saturated rings. The van der Waals surface area contributed by atoms with Gasteiger partial charge in [0.1, 0.15) is 6.10 Å². The van der Waals surface area contributed by atoms with E-state index in [0.717, 1.165) is 48.9 Å². The SMILES string of the molecule is O=C(OC1CCc2ccccc21)C1CC2CC1C1C3CC(C4OC34)C21. The minimum absolute atomic E-state index is 0.00482. The van der Waals surface area contributed by atoms with Crippen molar-refractivity contribution in [2.75, 3.05) is 0 Å². The lowest BCUT2D eigenvalue weighted by atomic mass is 9.67. The van der Waals surface area contributed by atoms with Crippen LogP contribution in [-0.4, -0.2) is 18.2 Å². The number of hydrogen-bond donors (Lipinski definition) is 0. The van der Waals surface area contributed by atoms with Crippen LogP contribution in [0.1, 0.15) is 42.9 Å². The van der Waals surface area contributed by atoms with Gasteiger partial charge in [0.05, 0.1) is 18.1 Å². The Kier molecular flexibility index (Phi) is 2.48. The van der Waals surface area contributed by atoms with Crippen molar-refractivity contribution >= 4 is 5.97 Å². The molecule has 130 valence electrons. The topological polar surface area (TPSA) is 38.8 Å². The highest BCUT2D eigenvalue weighted by molar-refractivity contribution is 5.74. The first-order valence-electron chi connectivity index (χ1n) is 10.2. The number of benzene rings is 1. The molecule has 3 nitrogen and oxygen atoms in total. The van der Waals surface area contributed by atoms with E-state index in [2.05, 4.69) is 24.3 Å². The molecule has 4 saturated carbocycles. The van der Waals surface area contributed by atoms with Crippen molar-refractivity contribution in [2.45, 2.75) is 50.4 Å². The molecule has 25 heavy (non-hydrogen) atoms. The number of carbonyl (C=O) groups excluding carboxylic acids is 1. The minimum Gasteiger partial charge on any atom is -0.457 e. The van der Waals surface area contributed by atoms with Gasteiger partial charge in [-0.05, 0) is 78.7 Å². The zero-order valence-electron chi connectivity index (χ0n) is 14.3. The zero-order chi connectivity index (χ0) is 16.3. The summed E-state index contributed by atoms with van der Waals surface area (Å²) in [6.07, 6.45) is 6.91. The van der Waals surface area contributed by atoms with Gasteiger partial charge in [0.15, 0.2) is 0 Å². The van der Waals surface area contributed by atoms with Gasteiger partial charge >= 0.3 is 5.97 Å². The molecule has 6 aliphatic rings. The molecule has 10 unspecified atom stereocenters. The lowest BCUT2D eigenvalue weighted by Crippen LogP contribution is -2.38. The molecule has 4 bridgehead atoms. The normalized spacial score (nSPS) is 52.8. The van der Waals surface area contributed by atoms with Crippen molar-refractivity contribution in [3.63, 3.8) is 0 Å². The summed E-state index contributed by atoms with van der Waals surface area (Å²) in [7, 11) is 0. The van der Waals surface area contributed by atoms with E-state index in [4.69, 9.17) is 9.47 Å². The Morgan fingerprint density at radius 1 is 1.00 bits per heavy atom. The van der Waals surface area contributed by atoms with E-state index in [-0.39, 0.29) is 18.0 Å². The molecule has 0 N–H and O–H groups in total. The molecule has 5 aliphatic carbocycles. The van der Waals surface area contributed by atoms with Gasteiger partial charge in [-0.25, -0.2) is 0 Å². The number of ether oxygens (including phenoxy) is 2. The second-order valence-corrected chi connectivity index (χ2v) is 9.45. The molecule has 7 rings (SSSR count). The highest BCUT2D eigenvalue weighted by atomic mass is 16.6. The average molecular weight is 336 g/mol. The monoisotopic (exact) mass is 336 g/mol. The maximum Gasteiger partial charge on any atom is 0.309 e. The predicted molar refractivity (Wildman–Crippen MR) is 90.5 cm³/mol. The molecule has 1 aromatic carbocycles. The third kappa shape index (κ3) is 1.64. The van der Waals surface area contributed by atoms with Crippen LogP contribution in [0.4, 0.5) is 0 Å². The molecule has 1 heterocycles. The Bertz CT molecular complexity index is 772. The smallest absolute Gasteiger partial charge is 0.309 e. The van der Waals surface area contributed by atoms with Crippen molar-refractivity contribution in [2.24, 2.45) is 41.4 Å². The van der Waals surface area contributed by atoms with Crippen LogP contribution in [0, 0.1) is 41.4 Å². The number of rotatable bonds is 2. The maximum atomic E-state index is 13.0. The number of hydrogen-bond acceptors (Lipinski definition) is 3. The van der Waals surface area contributed by atoms with Gasteiger partial charge in [-0.15, -0.1) is 0 Å². The Hall–Kier alpha value is -1.35. The molecular weight excluding hydrogens is 312 g/mol. The maximum absolute atomic E-state index is 13.0. The van der Waals surface area contributed by atoms with Crippen LogP contribution in [0.5, 0.6) is 0 Å². The fraction of sp³-hybridized carbons (Fsp3) is 0.682. The first kappa shape index (κ1) is 13.8. The fourth-order valence-electron chi connectivity index (χ4n) is 7.99. The average Bonchev–Trinajstić information content (AvgIpc) is 3.08. The quantitative estimate of drug-likeness (QED) is 0.471. The van der Waals surface area contributed by atoms with E-state index < -0.39 is 0 Å². The highest BCUT2D eigenvalue weighted by Crippen LogP contribution is 2.73. The molecule has 3 heteroatoms. The summed E-state index contributed by atoms with van der Waals surface area (Å²) in [5.41, 5.74) is 2.60. The zero-order valence-corrected chi connectivity index (χ0v) is 14.3. The standard InChI is InChI=1S/C22H24O3/c23-22(24-17-6-5-10-3-1-2-4-12(10)17)14-8-11-7-13(14)19-16-9-15(18(11)19)20-21(16)25-20/h1-4,11,13-21H,5-9H2. The van der Waals surface area contributed by atoms with Crippen LogP contribution >= 0.6 is 0 Å². The predicted octanol–water partition coefficient (Wildman–Crippen LogP) is 3.52. The van der Waals surface area contributed by atoms with Crippen LogP contribution in [0.15, 0.2) is 24.3 Å². The fourth-order valence-corrected chi connectivity index (χ4v) is 7.99. The summed E-state index contributed by atoms with van der Waals surface area (Å²) in [5.74, 6) is 4.84. The van der Waals surface area contributed by atoms with Crippen molar-refractivity contribution in [1.82, 2.24) is 0 Å². The van der Waals surface area contributed by atoms with E-state index in [9.17, 15) is 4.79 Å². The molecule has 10 atom stereocenters. The van der Waals surface area contributed by atoms with Gasteiger partial charge in [0, 0.05) is 0 Å². The van der Waals surface area contributed by atoms with E-state index in [1.165, 1.54) is 24.0 Å². The second kappa shape index (κ2) is 4.49. The molecular formula is C22H24O3. The van der Waals surface area contributed by atoms with Gasteiger partial charge in [0.2, 0.25) is 0 Å². The third-order valence-electron chi connectivity index (χ3n) is 8.71. The van der Waals surface area contributed by atoms with Crippen LogP contribution in [-0.2, 0) is 20.7 Å². The van der Waals surface area contributed by atoms with E-state index in [1.54, 1.807) is 0 Å². The first-order chi connectivity index (χ1) is 12.3. The van der Waals surface area contributed by atoms with Gasteiger partial charge < -0.3 is 9.47 Å². The molecule has 1 aromatic rings. The van der Waals surface area contributed by atoms with Crippen molar-refractivity contribution in [1.29, 1.82) is 0 Å². The van der Waals surface area contributed by atoms with Crippen molar-refractivity contribution < 1.29 is 14.3 Å². The van der Waals surface area contributed by atoms with Gasteiger partial charge in [-0.3, -0.25) is 4.79 Å². The van der Waals surface area contributed by atoms with Crippen LogP contribution in [0.3, 0.4) is 0 Å². The Labute approximate surface area is 148 Å². The molecule has 0 amide bonds. The first-order valence-corrected chi connectivity index (χ1v) is 10.2. The minimum atomic E-state index is -0.00482. The van der Waals surface area contributed by atoms with Gasteiger partial charge in [-0.1, -0.05) is 24.3 Å². The van der Waals surface area contributed by atoms with E-state index in [0.29, 0.717) is 18.1 Å². The summed E-state index contributed by atoms with van der Waals surface area (Å²) in [6.45, 7) is 0. The van der Waals surface area contributed by atoms with E-state index in [1.807, 2.05) is 0 Å². The largest absolute Gasteiger partial charge is 0.457 e. The Morgan fingerprint density at radius 2 is 1.84 bits per heavy atom. The molecule has 0 spiro atoms. The van der Waals surface area contributed by atoms with Gasteiger partial charge in [-0.2, -0.15) is 0 Å². The molecule has 1 saturated heterocycles. The number of carbonyl (C=O) groups is 1. The Balaban J connectivity index is 1.12. The number of fused-ring (bicyclic) bond motifs is 13. The van der Waals surface area contributed by atoms with Gasteiger partial charge in [0.25, 0.3) is 0 Å².